The molecule has 0 spiro atoms. The summed E-state index contributed by atoms with van der Waals surface area (Å²) in [5, 5.41) is 3.96. The first-order valence-electron chi connectivity index (χ1n) is 9.14. The topological polar surface area (TPSA) is 59.2 Å². The number of piperidine rings is 1. The molecule has 25 heavy (non-hydrogen) atoms. The van der Waals surface area contributed by atoms with Gasteiger partial charge in [-0.1, -0.05) is 5.16 Å². The maximum absolute atomic E-state index is 12.5. The van der Waals surface area contributed by atoms with Crippen LogP contribution in [0.1, 0.15) is 47.5 Å². The minimum atomic E-state index is 0.248. The Morgan fingerprint density at radius 3 is 2.68 bits per heavy atom. The zero-order valence-corrected chi connectivity index (χ0v) is 15.4. The van der Waals surface area contributed by atoms with E-state index < -0.39 is 0 Å². The van der Waals surface area contributed by atoms with Gasteiger partial charge in [0.1, 0.15) is 5.76 Å². The maximum Gasteiger partial charge on any atom is 0.222 e. The lowest BCUT2D eigenvalue weighted by Crippen LogP contribution is -2.39. The molecule has 3 heterocycles. The molecule has 1 aliphatic rings. The Bertz CT molecular complexity index is 711. The lowest BCUT2D eigenvalue weighted by molar-refractivity contribution is -0.132. The summed E-state index contributed by atoms with van der Waals surface area (Å²) in [4.78, 5) is 18.8. The highest BCUT2D eigenvalue weighted by atomic mass is 16.5. The van der Waals surface area contributed by atoms with Crippen LogP contribution in [0.5, 0.6) is 0 Å². The minimum Gasteiger partial charge on any atom is -0.361 e. The van der Waals surface area contributed by atoms with E-state index in [0.717, 1.165) is 61.5 Å². The van der Waals surface area contributed by atoms with Crippen molar-refractivity contribution in [1.29, 1.82) is 0 Å². The van der Waals surface area contributed by atoms with Crippen LogP contribution in [0.3, 0.4) is 0 Å². The lowest BCUT2D eigenvalue weighted by Gasteiger charge is -2.32. The Hall–Kier alpha value is -2.17. The number of likely N-dealkylation sites (tertiary alicyclic amines) is 1. The van der Waals surface area contributed by atoms with Crippen LogP contribution < -0.4 is 0 Å². The standard InChI is InChI=1S/C20H27N3O2/c1-14-12-18(6-9-21-14)13-17-7-10-23(11-8-17)20(24)5-4-19-15(2)22-25-16(19)3/h6,9,12,17H,4-5,7-8,10-11,13H2,1-3H3. The molecular weight excluding hydrogens is 314 g/mol. The van der Waals surface area contributed by atoms with Crippen molar-refractivity contribution in [3.05, 3.63) is 46.6 Å². The summed E-state index contributed by atoms with van der Waals surface area (Å²) in [6, 6.07) is 4.27. The molecule has 2 aromatic rings. The number of carbonyl (C=O) groups excluding carboxylic acids is 1. The highest BCUT2D eigenvalue weighted by molar-refractivity contribution is 5.76. The molecule has 0 atom stereocenters. The van der Waals surface area contributed by atoms with Gasteiger partial charge in [-0.3, -0.25) is 9.78 Å². The van der Waals surface area contributed by atoms with Crippen molar-refractivity contribution in [2.45, 2.75) is 52.9 Å². The van der Waals surface area contributed by atoms with Crippen LogP contribution in [0.2, 0.25) is 0 Å². The molecule has 1 aliphatic heterocycles. The normalized spacial score (nSPS) is 15.6. The van der Waals surface area contributed by atoms with Gasteiger partial charge in [0, 0.05) is 37.0 Å². The first-order chi connectivity index (χ1) is 12.0. The molecule has 2 aromatic heterocycles. The van der Waals surface area contributed by atoms with Gasteiger partial charge in [0.05, 0.1) is 5.69 Å². The number of hydrogen-bond acceptors (Lipinski definition) is 4. The smallest absolute Gasteiger partial charge is 0.222 e. The van der Waals surface area contributed by atoms with Gasteiger partial charge >= 0.3 is 0 Å². The predicted molar refractivity (Wildman–Crippen MR) is 96.3 cm³/mol. The van der Waals surface area contributed by atoms with Crippen LogP contribution in [0.25, 0.3) is 0 Å². The first kappa shape index (κ1) is 17.6. The largest absolute Gasteiger partial charge is 0.361 e. The number of hydrogen-bond donors (Lipinski definition) is 0. The Balaban J connectivity index is 1.46. The second-order valence-electron chi connectivity index (χ2n) is 7.14. The van der Waals surface area contributed by atoms with Crippen LogP contribution in [0, 0.1) is 26.7 Å². The average Bonchev–Trinajstić information content (AvgIpc) is 2.92. The van der Waals surface area contributed by atoms with Crippen LogP contribution in [0.15, 0.2) is 22.9 Å². The van der Waals surface area contributed by atoms with Crippen molar-refractivity contribution in [2.75, 3.05) is 13.1 Å². The monoisotopic (exact) mass is 341 g/mol. The van der Waals surface area contributed by atoms with Gasteiger partial charge in [0.25, 0.3) is 0 Å². The fourth-order valence-corrected chi connectivity index (χ4v) is 3.70. The first-order valence-corrected chi connectivity index (χ1v) is 9.14. The molecule has 0 saturated carbocycles. The number of nitrogens with zero attached hydrogens (tertiary/aromatic N) is 3. The number of carbonyl (C=O) groups is 1. The fraction of sp³-hybridized carbons (Fsp3) is 0.550. The zero-order chi connectivity index (χ0) is 17.8. The van der Waals surface area contributed by atoms with E-state index >= 15 is 0 Å². The average molecular weight is 341 g/mol. The third-order valence-corrected chi connectivity index (χ3v) is 5.22. The highest BCUT2D eigenvalue weighted by Gasteiger charge is 2.23. The quantitative estimate of drug-likeness (QED) is 0.836. The van der Waals surface area contributed by atoms with Gasteiger partial charge in [-0.05, 0) is 70.1 Å². The molecule has 0 aromatic carbocycles. The summed E-state index contributed by atoms with van der Waals surface area (Å²) < 4.78 is 5.17. The highest BCUT2D eigenvalue weighted by Crippen LogP contribution is 2.23. The Morgan fingerprint density at radius 2 is 2.04 bits per heavy atom. The van der Waals surface area contributed by atoms with E-state index in [9.17, 15) is 4.79 Å². The third-order valence-electron chi connectivity index (χ3n) is 5.22. The molecule has 0 unspecified atom stereocenters. The molecular formula is C20H27N3O2. The number of pyridine rings is 1. The van der Waals surface area contributed by atoms with Crippen molar-refractivity contribution in [3.8, 4) is 0 Å². The number of rotatable bonds is 5. The van der Waals surface area contributed by atoms with Gasteiger partial charge in [0.15, 0.2) is 0 Å². The van der Waals surface area contributed by atoms with Gasteiger partial charge in [0.2, 0.25) is 5.91 Å². The van der Waals surface area contributed by atoms with E-state index in [1.165, 1.54) is 5.56 Å². The molecule has 3 rings (SSSR count). The van der Waals surface area contributed by atoms with E-state index in [2.05, 4.69) is 22.3 Å². The second kappa shape index (κ2) is 7.81. The van der Waals surface area contributed by atoms with Crippen LogP contribution >= 0.6 is 0 Å². The Labute approximate surface area is 149 Å². The number of aromatic nitrogens is 2. The summed E-state index contributed by atoms with van der Waals surface area (Å²) in [5.41, 5.74) is 4.41. The Kier molecular flexibility index (Phi) is 5.51. The summed E-state index contributed by atoms with van der Waals surface area (Å²) in [7, 11) is 0. The van der Waals surface area contributed by atoms with Gasteiger partial charge in [-0.25, -0.2) is 0 Å². The van der Waals surface area contributed by atoms with Crippen LogP contribution in [-0.2, 0) is 17.6 Å². The number of aryl methyl sites for hydroxylation is 3. The van der Waals surface area contributed by atoms with Gasteiger partial charge in [-0.15, -0.1) is 0 Å². The van der Waals surface area contributed by atoms with Crippen molar-refractivity contribution in [2.24, 2.45) is 5.92 Å². The van der Waals surface area contributed by atoms with Crippen molar-refractivity contribution >= 4 is 5.91 Å². The lowest BCUT2D eigenvalue weighted by atomic mass is 9.90. The van der Waals surface area contributed by atoms with Crippen molar-refractivity contribution in [1.82, 2.24) is 15.0 Å². The van der Waals surface area contributed by atoms with Gasteiger partial charge < -0.3 is 9.42 Å². The van der Waals surface area contributed by atoms with E-state index in [-0.39, 0.29) is 5.91 Å². The molecule has 134 valence electrons. The van der Waals surface area contributed by atoms with E-state index in [0.29, 0.717) is 12.3 Å². The van der Waals surface area contributed by atoms with Crippen molar-refractivity contribution in [3.63, 3.8) is 0 Å². The van der Waals surface area contributed by atoms with Crippen LogP contribution in [-0.4, -0.2) is 34.0 Å². The maximum atomic E-state index is 12.5. The summed E-state index contributed by atoms with van der Waals surface area (Å²) in [6.07, 6.45) is 6.40. The Morgan fingerprint density at radius 1 is 1.28 bits per heavy atom. The van der Waals surface area contributed by atoms with Crippen LogP contribution in [0.4, 0.5) is 0 Å². The third kappa shape index (κ3) is 4.47. The molecule has 0 aliphatic carbocycles. The fourth-order valence-electron chi connectivity index (χ4n) is 3.70. The van der Waals surface area contributed by atoms with E-state index in [1.807, 2.05) is 31.9 Å². The van der Waals surface area contributed by atoms with E-state index in [1.54, 1.807) is 0 Å². The van der Waals surface area contributed by atoms with Crippen molar-refractivity contribution < 1.29 is 9.32 Å². The predicted octanol–water partition coefficient (Wildman–Crippen LogP) is 3.41. The van der Waals surface area contributed by atoms with Gasteiger partial charge in [-0.2, -0.15) is 0 Å². The molecule has 0 N–H and O–H groups in total. The zero-order valence-electron chi connectivity index (χ0n) is 15.4. The molecule has 5 heteroatoms. The molecule has 5 nitrogen and oxygen atoms in total. The molecule has 1 amide bonds. The SMILES string of the molecule is Cc1cc(CC2CCN(C(=O)CCc3c(C)noc3C)CC2)ccn1. The number of amides is 1. The molecule has 1 saturated heterocycles. The molecule has 0 radical (unpaired) electrons. The minimum absolute atomic E-state index is 0.248. The summed E-state index contributed by atoms with van der Waals surface area (Å²) in [5.74, 6) is 1.74. The summed E-state index contributed by atoms with van der Waals surface area (Å²) in [6.45, 7) is 7.61. The molecule has 0 bridgehead atoms. The molecule has 1 fully saturated rings. The second-order valence-corrected chi connectivity index (χ2v) is 7.14. The summed E-state index contributed by atoms with van der Waals surface area (Å²) >= 11 is 0. The van der Waals surface area contributed by atoms with E-state index in [4.69, 9.17) is 4.52 Å².